The number of rotatable bonds is 1. The lowest BCUT2D eigenvalue weighted by atomic mass is 11.6. The SMILES string of the molecule is CSC(=NS(=O)(=O)C(F)(F)F)SC. The van der Waals surface area contributed by atoms with Gasteiger partial charge in [0.25, 0.3) is 0 Å². The van der Waals surface area contributed by atoms with Gasteiger partial charge in [-0.15, -0.1) is 27.9 Å². The minimum atomic E-state index is -5.37. The molecule has 0 atom stereocenters. The summed E-state index contributed by atoms with van der Waals surface area (Å²) in [7, 11) is -5.37. The number of thioether (sulfide) groups is 2. The molecule has 0 amide bonds. The highest BCUT2D eigenvalue weighted by Crippen LogP contribution is 2.26. The molecule has 0 aromatic heterocycles. The van der Waals surface area contributed by atoms with Crippen molar-refractivity contribution >= 4 is 37.9 Å². The molecule has 0 aliphatic heterocycles. The molecule has 13 heavy (non-hydrogen) atoms. The molecule has 78 valence electrons. The maximum atomic E-state index is 11.8. The summed E-state index contributed by atoms with van der Waals surface area (Å²) in [5.74, 6) is 0. The molecule has 0 radical (unpaired) electrons. The highest BCUT2D eigenvalue weighted by atomic mass is 32.2. The van der Waals surface area contributed by atoms with Gasteiger partial charge in [-0.3, -0.25) is 0 Å². The van der Waals surface area contributed by atoms with Crippen molar-refractivity contribution in [2.45, 2.75) is 5.51 Å². The van der Waals surface area contributed by atoms with Crippen LogP contribution in [0.25, 0.3) is 0 Å². The second-order valence-electron chi connectivity index (χ2n) is 1.69. The molecular weight excluding hydrogens is 247 g/mol. The molecule has 0 saturated heterocycles. The van der Waals surface area contributed by atoms with E-state index in [1.54, 1.807) is 0 Å². The van der Waals surface area contributed by atoms with E-state index in [4.69, 9.17) is 0 Å². The first kappa shape index (κ1) is 13.1. The van der Waals surface area contributed by atoms with E-state index in [0.29, 0.717) is 0 Å². The molecule has 0 fully saturated rings. The van der Waals surface area contributed by atoms with Crippen molar-refractivity contribution in [2.75, 3.05) is 12.5 Å². The van der Waals surface area contributed by atoms with Gasteiger partial charge >= 0.3 is 15.5 Å². The fourth-order valence-corrected chi connectivity index (χ4v) is 2.46. The van der Waals surface area contributed by atoms with Gasteiger partial charge in [-0.05, 0) is 12.5 Å². The Morgan fingerprint density at radius 1 is 1.23 bits per heavy atom. The summed E-state index contributed by atoms with van der Waals surface area (Å²) < 4.78 is 58.6. The number of alkyl halides is 3. The second-order valence-corrected chi connectivity index (χ2v) is 5.13. The Morgan fingerprint density at radius 2 is 1.62 bits per heavy atom. The molecule has 3 nitrogen and oxygen atoms in total. The van der Waals surface area contributed by atoms with E-state index in [0.717, 1.165) is 23.5 Å². The summed E-state index contributed by atoms with van der Waals surface area (Å²) in [4.78, 5) is 0. The van der Waals surface area contributed by atoms with Crippen LogP contribution in [0.1, 0.15) is 0 Å². The fraction of sp³-hybridized carbons (Fsp3) is 0.750. The van der Waals surface area contributed by atoms with E-state index < -0.39 is 15.5 Å². The topological polar surface area (TPSA) is 46.5 Å². The van der Waals surface area contributed by atoms with Gasteiger partial charge in [0.15, 0.2) is 0 Å². The molecule has 9 heteroatoms. The summed E-state index contributed by atoms with van der Waals surface area (Å²) in [6, 6.07) is 0. The van der Waals surface area contributed by atoms with Crippen LogP contribution in [0.15, 0.2) is 4.40 Å². The Hall–Kier alpha value is 0.110. The third-order valence-electron chi connectivity index (χ3n) is 0.836. The number of hydrogen-bond acceptors (Lipinski definition) is 4. The van der Waals surface area contributed by atoms with Crippen molar-refractivity contribution in [1.29, 1.82) is 0 Å². The van der Waals surface area contributed by atoms with E-state index in [-0.39, 0.29) is 4.38 Å². The second kappa shape index (κ2) is 4.56. The van der Waals surface area contributed by atoms with Crippen LogP contribution in [0.3, 0.4) is 0 Å². The van der Waals surface area contributed by atoms with Crippen LogP contribution in [0.4, 0.5) is 13.2 Å². The van der Waals surface area contributed by atoms with Crippen LogP contribution in [-0.2, 0) is 10.0 Å². The lowest BCUT2D eigenvalue weighted by Gasteiger charge is -2.03. The predicted molar refractivity (Wildman–Crippen MR) is 49.4 cm³/mol. The summed E-state index contributed by atoms with van der Waals surface area (Å²) >= 11 is 1.69. The molecule has 0 aromatic carbocycles. The summed E-state index contributed by atoms with van der Waals surface area (Å²) in [6.45, 7) is 0. The van der Waals surface area contributed by atoms with Crippen molar-refractivity contribution in [3.8, 4) is 0 Å². The number of halogens is 3. The molecule has 0 bridgehead atoms. The zero-order valence-electron chi connectivity index (χ0n) is 6.62. The highest BCUT2D eigenvalue weighted by molar-refractivity contribution is 8.38. The van der Waals surface area contributed by atoms with Crippen LogP contribution in [0, 0.1) is 0 Å². The molecule has 0 rings (SSSR count). The van der Waals surface area contributed by atoms with E-state index >= 15 is 0 Å². The smallest absolute Gasteiger partial charge is 0.195 e. The molecule has 0 unspecified atom stereocenters. The zero-order chi connectivity index (χ0) is 10.7. The largest absolute Gasteiger partial charge is 0.518 e. The summed E-state index contributed by atoms with van der Waals surface area (Å²) in [5.41, 5.74) is -5.32. The van der Waals surface area contributed by atoms with Crippen LogP contribution in [0.5, 0.6) is 0 Å². The van der Waals surface area contributed by atoms with Crippen molar-refractivity contribution in [2.24, 2.45) is 4.40 Å². The number of sulfonamides is 1. The molecular formula is C4H6F3NO2S3. The van der Waals surface area contributed by atoms with Crippen LogP contribution in [-0.4, -0.2) is 30.8 Å². The lowest BCUT2D eigenvalue weighted by molar-refractivity contribution is -0.0435. The minimum absolute atomic E-state index is 0.141. The van der Waals surface area contributed by atoms with Gasteiger partial charge < -0.3 is 0 Å². The minimum Gasteiger partial charge on any atom is -0.195 e. The summed E-state index contributed by atoms with van der Waals surface area (Å²) in [6.07, 6.45) is 2.89. The maximum absolute atomic E-state index is 11.8. The van der Waals surface area contributed by atoms with Crippen molar-refractivity contribution in [3.63, 3.8) is 0 Å². The average molecular weight is 253 g/mol. The predicted octanol–water partition coefficient (Wildman–Crippen LogP) is 1.92. The first-order valence-electron chi connectivity index (χ1n) is 2.74. The Balaban J connectivity index is 5.00. The molecule has 0 aromatic rings. The molecule has 0 saturated carbocycles. The van der Waals surface area contributed by atoms with Gasteiger partial charge in [0, 0.05) is 0 Å². The van der Waals surface area contributed by atoms with Gasteiger partial charge in [0.05, 0.1) is 0 Å². The lowest BCUT2D eigenvalue weighted by Crippen LogP contribution is -2.21. The van der Waals surface area contributed by atoms with Crippen LogP contribution in [0.2, 0.25) is 0 Å². The molecule has 0 N–H and O–H groups in total. The Morgan fingerprint density at radius 3 is 1.85 bits per heavy atom. The highest BCUT2D eigenvalue weighted by Gasteiger charge is 2.46. The Kier molecular flexibility index (Phi) is 4.60. The summed E-state index contributed by atoms with van der Waals surface area (Å²) in [5, 5.41) is 0. The van der Waals surface area contributed by atoms with Gasteiger partial charge in [-0.1, -0.05) is 0 Å². The zero-order valence-corrected chi connectivity index (χ0v) is 9.07. The van der Waals surface area contributed by atoms with Crippen molar-refractivity contribution < 1.29 is 21.6 Å². The monoisotopic (exact) mass is 253 g/mol. The first-order valence-corrected chi connectivity index (χ1v) is 6.62. The Bertz CT molecular complexity index is 288. The van der Waals surface area contributed by atoms with E-state index in [1.165, 1.54) is 12.5 Å². The number of hydrogen-bond donors (Lipinski definition) is 0. The van der Waals surface area contributed by atoms with Gasteiger partial charge in [-0.25, -0.2) is 0 Å². The quantitative estimate of drug-likeness (QED) is 0.529. The fourth-order valence-electron chi connectivity index (χ4n) is 0.308. The third kappa shape index (κ3) is 3.77. The van der Waals surface area contributed by atoms with Gasteiger partial charge in [0.1, 0.15) is 4.38 Å². The standard InChI is InChI=1S/C4H6F3NO2S3/c1-11-3(12-2)8-13(9,10)4(5,6)7/h1-2H3. The van der Waals surface area contributed by atoms with Crippen LogP contribution >= 0.6 is 23.5 Å². The Labute approximate surface area is 82.2 Å². The van der Waals surface area contributed by atoms with Crippen LogP contribution < -0.4 is 0 Å². The maximum Gasteiger partial charge on any atom is 0.518 e. The van der Waals surface area contributed by atoms with E-state index in [9.17, 15) is 21.6 Å². The van der Waals surface area contributed by atoms with Crippen molar-refractivity contribution in [1.82, 2.24) is 0 Å². The number of nitrogens with zero attached hydrogens (tertiary/aromatic N) is 1. The van der Waals surface area contributed by atoms with Gasteiger partial charge in [0.2, 0.25) is 0 Å². The molecule has 0 heterocycles. The van der Waals surface area contributed by atoms with E-state index in [1.807, 2.05) is 0 Å². The molecule has 0 spiro atoms. The molecule has 0 aliphatic rings. The first-order chi connectivity index (χ1) is 5.74. The third-order valence-corrected chi connectivity index (χ3v) is 3.96. The van der Waals surface area contributed by atoms with Crippen molar-refractivity contribution in [3.05, 3.63) is 0 Å². The average Bonchev–Trinajstić information content (AvgIpc) is 1.98. The van der Waals surface area contributed by atoms with Gasteiger partial charge in [-0.2, -0.15) is 21.6 Å². The molecule has 0 aliphatic carbocycles. The van der Waals surface area contributed by atoms with E-state index in [2.05, 4.69) is 4.40 Å². The normalized spacial score (nSPS) is 12.7.